The normalized spacial score (nSPS) is 10.3. The standard InChI is InChI=1S/C16H16BrClO3/c1-19-15-5-3-11(7-16(15)20-2)10-21-14-6-4-13(18)8-12(14)9-17/h3-8H,9-10H2,1-2H3. The summed E-state index contributed by atoms with van der Waals surface area (Å²) in [6, 6.07) is 11.3. The number of hydrogen-bond acceptors (Lipinski definition) is 3. The molecule has 0 amide bonds. The van der Waals surface area contributed by atoms with E-state index in [1.165, 1.54) is 0 Å². The van der Waals surface area contributed by atoms with E-state index in [1.54, 1.807) is 14.2 Å². The van der Waals surface area contributed by atoms with E-state index < -0.39 is 0 Å². The first-order chi connectivity index (χ1) is 10.2. The maximum Gasteiger partial charge on any atom is 0.161 e. The first-order valence-corrected chi connectivity index (χ1v) is 7.86. The van der Waals surface area contributed by atoms with Gasteiger partial charge >= 0.3 is 0 Å². The lowest BCUT2D eigenvalue weighted by Crippen LogP contribution is -1.99. The smallest absolute Gasteiger partial charge is 0.161 e. The van der Waals surface area contributed by atoms with Crippen LogP contribution in [0.4, 0.5) is 0 Å². The van der Waals surface area contributed by atoms with E-state index in [4.69, 9.17) is 25.8 Å². The minimum atomic E-state index is 0.446. The van der Waals surface area contributed by atoms with Gasteiger partial charge < -0.3 is 14.2 Å². The van der Waals surface area contributed by atoms with Gasteiger partial charge in [0.05, 0.1) is 14.2 Å². The minimum absolute atomic E-state index is 0.446. The maximum atomic E-state index is 5.98. The average molecular weight is 372 g/mol. The van der Waals surface area contributed by atoms with E-state index >= 15 is 0 Å². The summed E-state index contributed by atoms with van der Waals surface area (Å²) < 4.78 is 16.4. The largest absolute Gasteiger partial charge is 0.493 e. The zero-order valence-corrected chi connectivity index (χ0v) is 14.2. The number of ether oxygens (including phenoxy) is 3. The number of alkyl halides is 1. The summed E-state index contributed by atoms with van der Waals surface area (Å²) >= 11 is 9.41. The summed E-state index contributed by atoms with van der Waals surface area (Å²) in [5.74, 6) is 2.20. The number of benzene rings is 2. The molecule has 5 heteroatoms. The van der Waals surface area contributed by atoms with Crippen molar-refractivity contribution in [3.05, 3.63) is 52.5 Å². The third-order valence-electron chi connectivity index (χ3n) is 3.01. The Balaban J connectivity index is 2.13. The number of methoxy groups -OCH3 is 2. The fourth-order valence-electron chi connectivity index (χ4n) is 1.92. The molecule has 0 unspecified atom stereocenters. The molecule has 0 saturated carbocycles. The SMILES string of the molecule is COc1ccc(COc2ccc(Cl)cc2CBr)cc1OC. The van der Waals surface area contributed by atoms with Crippen molar-refractivity contribution in [2.24, 2.45) is 0 Å². The Morgan fingerprint density at radius 3 is 2.33 bits per heavy atom. The highest BCUT2D eigenvalue weighted by Crippen LogP contribution is 2.29. The van der Waals surface area contributed by atoms with Gasteiger partial charge in [-0.3, -0.25) is 0 Å². The van der Waals surface area contributed by atoms with E-state index in [9.17, 15) is 0 Å². The third-order valence-corrected chi connectivity index (χ3v) is 3.85. The van der Waals surface area contributed by atoms with Gasteiger partial charge in [0, 0.05) is 15.9 Å². The fraction of sp³-hybridized carbons (Fsp3) is 0.250. The Kier molecular flexibility index (Phi) is 5.76. The number of rotatable bonds is 6. The summed E-state index contributed by atoms with van der Waals surface area (Å²) in [5.41, 5.74) is 2.02. The Morgan fingerprint density at radius 1 is 0.952 bits per heavy atom. The van der Waals surface area contributed by atoms with E-state index in [0.29, 0.717) is 28.5 Å². The molecule has 2 rings (SSSR count). The van der Waals surface area contributed by atoms with E-state index in [-0.39, 0.29) is 0 Å². The topological polar surface area (TPSA) is 27.7 Å². The molecule has 0 aliphatic heterocycles. The van der Waals surface area contributed by atoms with Crippen LogP contribution in [0.15, 0.2) is 36.4 Å². The summed E-state index contributed by atoms with van der Waals surface area (Å²) in [6.07, 6.45) is 0. The lowest BCUT2D eigenvalue weighted by atomic mass is 10.2. The van der Waals surface area contributed by atoms with Gasteiger partial charge in [-0.1, -0.05) is 33.6 Å². The van der Waals surface area contributed by atoms with Crippen molar-refractivity contribution in [2.75, 3.05) is 14.2 Å². The lowest BCUT2D eigenvalue weighted by molar-refractivity contribution is 0.301. The van der Waals surface area contributed by atoms with Crippen molar-refractivity contribution in [3.8, 4) is 17.2 Å². The molecule has 112 valence electrons. The van der Waals surface area contributed by atoms with Crippen LogP contribution in [0.25, 0.3) is 0 Å². The van der Waals surface area contributed by atoms with Crippen LogP contribution in [0.5, 0.6) is 17.2 Å². The van der Waals surface area contributed by atoms with Crippen LogP contribution in [0.2, 0.25) is 5.02 Å². The molecular formula is C16H16BrClO3. The Labute approximate surface area is 137 Å². The van der Waals surface area contributed by atoms with Crippen LogP contribution >= 0.6 is 27.5 Å². The highest BCUT2D eigenvalue weighted by molar-refractivity contribution is 9.08. The molecule has 0 aliphatic carbocycles. The van der Waals surface area contributed by atoms with Crippen molar-refractivity contribution in [1.29, 1.82) is 0 Å². The van der Waals surface area contributed by atoms with E-state index in [1.807, 2.05) is 36.4 Å². The molecule has 0 aliphatic rings. The van der Waals surface area contributed by atoms with Crippen molar-refractivity contribution < 1.29 is 14.2 Å². The van der Waals surface area contributed by atoms with Crippen LogP contribution < -0.4 is 14.2 Å². The van der Waals surface area contributed by atoms with Crippen LogP contribution in [-0.2, 0) is 11.9 Å². The van der Waals surface area contributed by atoms with Crippen molar-refractivity contribution in [2.45, 2.75) is 11.9 Å². The molecule has 0 spiro atoms. The average Bonchev–Trinajstić information content (AvgIpc) is 2.53. The molecule has 0 saturated heterocycles. The van der Waals surface area contributed by atoms with Crippen LogP contribution in [0.3, 0.4) is 0 Å². The van der Waals surface area contributed by atoms with Gasteiger partial charge in [0.2, 0.25) is 0 Å². The van der Waals surface area contributed by atoms with Crippen LogP contribution in [-0.4, -0.2) is 14.2 Å². The minimum Gasteiger partial charge on any atom is -0.493 e. The van der Waals surface area contributed by atoms with Gasteiger partial charge in [-0.05, 0) is 35.9 Å². The molecule has 0 radical (unpaired) electrons. The molecule has 0 bridgehead atoms. The quantitative estimate of drug-likeness (QED) is 0.681. The van der Waals surface area contributed by atoms with E-state index in [2.05, 4.69) is 15.9 Å². The van der Waals surface area contributed by atoms with Gasteiger partial charge in [-0.2, -0.15) is 0 Å². The van der Waals surface area contributed by atoms with Crippen molar-refractivity contribution >= 4 is 27.5 Å². The molecule has 0 heterocycles. The molecule has 3 nitrogen and oxygen atoms in total. The van der Waals surface area contributed by atoms with Crippen molar-refractivity contribution in [1.82, 2.24) is 0 Å². The summed E-state index contributed by atoms with van der Waals surface area (Å²) in [4.78, 5) is 0. The Morgan fingerprint density at radius 2 is 1.67 bits per heavy atom. The molecule has 2 aromatic rings. The molecule has 0 atom stereocenters. The van der Waals surface area contributed by atoms with E-state index in [0.717, 1.165) is 16.9 Å². The molecule has 0 aromatic heterocycles. The zero-order valence-electron chi connectivity index (χ0n) is 11.9. The highest BCUT2D eigenvalue weighted by atomic mass is 79.9. The third kappa shape index (κ3) is 4.05. The lowest BCUT2D eigenvalue weighted by Gasteiger charge is -2.12. The van der Waals surface area contributed by atoms with Gasteiger partial charge in [-0.15, -0.1) is 0 Å². The van der Waals surface area contributed by atoms with Crippen LogP contribution in [0, 0.1) is 0 Å². The summed E-state index contributed by atoms with van der Waals surface area (Å²) in [5, 5.41) is 1.39. The predicted molar refractivity (Wildman–Crippen MR) is 88.0 cm³/mol. The summed E-state index contributed by atoms with van der Waals surface area (Å²) in [6.45, 7) is 0.446. The zero-order chi connectivity index (χ0) is 15.2. The molecule has 0 fully saturated rings. The second-order valence-corrected chi connectivity index (χ2v) is 5.36. The second kappa shape index (κ2) is 7.57. The molecule has 2 aromatic carbocycles. The van der Waals surface area contributed by atoms with Gasteiger partial charge in [-0.25, -0.2) is 0 Å². The summed E-state index contributed by atoms with van der Waals surface area (Å²) in [7, 11) is 3.23. The molecule has 21 heavy (non-hydrogen) atoms. The monoisotopic (exact) mass is 370 g/mol. The van der Waals surface area contributed by atoms with Crippen LogP contribution in [0.1, 0.15) is 11.1 Å². The predicted octanol–water partition coefficient (Wildman–Crippen LogP) is 4.83. The fourth-order valence-corrected chi connectivity index (χ4v) is 2.56. The van der Waals surface area contributed by atoms with Gasteiger partial charge in [0.1, 0.15) is 12.4 Å². The molecular weight excluding hydrogens is 356 g/mol. The second-order valence-electron chi connectivity index (χ2n) is 4.36. The first-order valence-electron chi connectivity index (χ1n) is 6.36. The maximum absolute atomic E-state index is 5.98. The highest BCUT2D eigenvalue weighted by Gasteiger charge is 2.07. The van der Waals surface area contributed by atoms with Gasteiger partial charge in [0.25, 0.3) is 0 Å². The number of hydrogen-bond donors (Lipinski definition) is 0. The molecule has 0 N–H and O–H groups in total. The van der Waals surface area contributed by atoms with Gasteiger partial charge in [0.15, 0.2) is 11.5 Å². The number of halogens is 2. The Hall–Kier alpha value is -1.39. The Bertz CT molecular complexity index is 616. The van der Waals surface area contributed by atoms with Crippen molar-refractivity contribution in [3.63, 3.8) is 0 Å². The first kappa shape index (κ1) is 16.0.